The van der Waals surface area contributed by atoms with Gasteiger partial charge in [-0.25, -0.2) is 0 Å². The monoisotopic (exact) mass is 403 g/mol. The van der Waals surface area contributed by atoms with Crippen molar-refractivity contribution in [3.05, 3.63) is 65.9 Å². The fraction of sp³-hybridized carbons (Fsp3) is 0.360. The first-order valence-corrected chi connectivity index (χ1v) is 10.8. The Morgan fingerprint density at radius 2 is 1.87 bits per heavy atom. The van der Waals surface area contributed by atoms with Gasteiger partial charge in [0.2, 0.25) is 5.91 Å². The van der Waals surface area contributed by atoms with Crippen molar-refractivity contribution in [2.24, 2.45) is 5.92 Å². The van der Waals surface area contributed by atoms with Crippen molar-refractivity contribution in [2.45, 2.75) is 52.0 Å². The van der Waals surface area contributed by atoms with Gasteiger partial charge in [-0.05, 0) is 42.7 Å². The molecule has 156 valence electrons. The summed E-state index contributed by atoms with van der Waals surface area (Å²) in [7, 11) is 0. The van der Waals surface area contributed by atoms with E-state index >= 15 is 0 Å². The number of benzene rings is 2. The Morgan fingerprint density at radius 3 is 2.57 bits per heavy atom. The number of rotatable bonds is 6. The van der Waals surface area contributed by atoms with Crippen LogP contribution in [0, 0.1) is 5.92 Å². The first kappa shape index (κ1) is 20.2. The summed E-state index contributed by atoms with van der Waals surface area (Å²) in [5.41, 5.74) is 4.48. The maximum absolute atomic E-state index is 12.1. The molecule has 1 aliphatic carbocycles. The molecule has 0 unspecified atom stereocenters. The van der Waals surface area contributed by atoms with E-state index in [-0.39, 0.29) is 17.6 Å². The Kier molecular flexibility index (Phi) is 5.88. The van der Waals surface area contributed by atoms with E-state index in [4.69, 9.17) is 5.10 Å². The summed E-state index contributed by atoms with van der Waals surface area (Å²) in [4.78, 5) is 12.1. The predicted molar refractivity (Wildman–Crippen MR) is 120 cm³/mol. The fourth-order valence-electron chi connectivity index (χ4n) is 4.10. The Bertz CT molecular complexity index is 1020. The average Bonchev–Trinajstić information content (AvgIpc) is 3.40. The second kappa shape index (κ2) is 8.74. The van der Waals surface area contributed by atoms with Gasteiger partial charge in [0.25, 0.3) is 0 Å². The quantitative estimate of drug-likeness (QED) is 0.530. The van der Waals surface area contributed by atoms with Crippen LogP contribution in [0.1, 0.15) is 56.7 Å². The number of hydrogen-bond donors (Lipinski definition) is 2. The van der Waals surface area contributed by atoms with E-state index < -0.39 is 0 Å². The molecule has 0 saturated heterocycles. The van der Waals surface area contributed by atoms with E-state index in [0.717, 1.165) is 5.69 Å². The van der Waals surface area contributed by atoms with Gasteiger partial charge in [0.05, 0.1) is 12.2 Å². The van der Waals surface area contributed by atoms with Gasteiger partial charge >= 0.3 is 0 Å². The highest BCUT2D eigenvalue weighted by Gasteiger charge is 2.23. The van der Waals surface area contributed by atoms with Crippen molar-refractivity contribution < 1.29 is 9.90 Å². The van der Waals surface area contributed by atoms with Crippen LogP contribution in [0.3, 0.4) is 0 Å². The van der Waals surface area contributed by atoms with Gasteiger partial charge in [0.15, 0.2) is 0 Å². The van der Waals surface area contributed by atoms with Crippen molar-refractivity contribution in [2.75, 3.05) is 5.32 Å². The van der Waals surface area contributed by atoms with Crippen molar-refractivity contribution in [1.82, 2.24) is 9.78 Å². The lowest BCUT2D eigenvalue weighted by Gasteiger charge is -2.12. The van der Waals surface area contributed by atoms with Crippen LogP contribution in [-0.2, 0) is 11.3 Å². The van der Waals surface area contributed by atoms with Crippen LogP contribution in [0.25, 0.3) is 11.3 Å². The first-order chi connectivity index (χ1) is 14.5. The van der Waals surface area contributed by atoms with Crippen molar-refractivity contribution in [3.63, 3.8) is 0 Å². The first-order valence-electron chi connectivity index (χ1n) is 10.8. The zero-order valence-electron chi connectivity index (χ0n) is 17.6. The number of amides is 1. The number of aromatic nitrogens is 2. The molecule has 3 aromatic rings. The van der Waals surface area contributed by atoms with Gasteiger partial charge < -0.3 is 10.4 Å². The molecule has 1 saturated carbocycles. The molecule has 30 heavy (non-hydrogen) atoms. The van der Waals surface area contributed by atoms with Crippen LogP contribution < -0.4 is 5.32 Å². The number of carbonyl (C=O) groups is 1. The minimum absolute atomic E-state index is 0.0482. The number of aromatic hydroxyl groups is 1. The Hall–Kier alpha value is -3.08. The lowest BCUT2D eigenvalue weighted by Crippen LogP contribution is -2.17. The van der Waals surface area contributed by atoms with Crippen molar-refractivity contribution in [3.8, 4) is 17.0 Å². The fourth-order valence-corrected chi connectivity index (χ4v) is 4.10. The topological polar surface area (TPSA) is 67.2 Å². The number of carbonyl (C=O) groups excluding carboxylic acids is 1. The normalized spacial score (nSPS) is 14.4. The molecule has 0 bridgehead atoms. The van der Waals surface area contributed by atoms with Crippen LogP contribution in [0.2, 0.25) is 0 Å². The molecule has 0 spiro atoms. The van der Waals surface area contributed by atoms with Crippen molar-refractivity contribution in [1.29, 1.82) is 0 Å². The zero-order chi connectivity index (χ0) is 21.1. The number of nitrogens with zero attached hydrogens (tertiary/aromatic N) is 2. The Labute approximate surface area is 177 Å². The third-order valence-electron chi connectivity index (χ3n) is 5.82. The van der Waals surface area contributed by atoms with Gasteiger partial charge in [0.1, 0.15) is 5.75 Å². The van der Waals surface area contributed by atoms with Crippen LogP contribution in [-0.4, -0.2) is 20.8 Å². The molecule has 0 radical (unpaired) electrons. The molecule has 1 aliphatic rings. The Balaban J connectivity index is 1.70. The number of anilines is 1. The molecule has 0 atom stereocenters. The van der Waals surface area contributed by atoms with E-state index in [9.17, 15) is 9.90 Å². The molecule has 1 heterocycles. The second-order valence-electron chi connectivity index (χ2n) is 8.45. The summed E-state index contributed by atoms with van der Waals surface area (Å²) in [5, 5.41) is 18.3. The highest BCUT2D eigenvalue weighted by Crippen LogP contribution is 2.38. The highest BCUT2D eigenvalue weighted by atomic mass is 16.3. The molecule has 5 nitrogen and oxygen atoms in total. The van der Waals surface area contributed by atoms with Gasteiger partial charge in [-0.15, -0.1) is 0 Å². The largest absolute Gasteiger partial charge is 0.507 e. The van der Waals surface area contributed by atoms with Gasteiger partial charge in [0, 0.05) is 28.8 Å². The number of hydrogen-bond acceptors (Lipinski definition) is 3. The molecule has 1 amide bonds. The summed E-state index contributed by atoms with van der Waals surface area (Å²) >= 11 is 0. The van der Waals surface area contributed by atoms with E-state index in [1.54, 1.807) is 12.1 Å². The lowest BCUT2D eigenvalue weighted by atomic mass is 10.0. The summed E-state index contributed by atoms with van der Waals surface area (Å²) in [5.74, 6) is 0.509. The highest BCUT2D eigenvalue weighted by molar-refractivity contribution is 5.93. The molecule has 4 rings (SSSR count). The van der Waals surface area contributed by atoms with E-state index in [1.807, 2.05) is 38.1 Å². The summed E-state index contributed by atoms with van der Waals surface area (Å²) in [6, 6.07) is 17.6. The lowest BCUT2D eigenvalue weighted by molar-refractivity contribution is -0.118. The maximum Gasteiger partial charge on any atom is 0.226 e. The second-order valence-corrected chi connectivity index (χ2v) is 8.45. The van der Waals surface area contributed by atoms with Crippen LogP contribution in [0.15, 0.2) is 54.6 Å². The number of phenols is 1. The zero-order valence-corrected chi connectivity index (χ0v) is 17.6. The van der Waals surface area contributed by atoms with Crippen LogP contribution in [0.4, 0.5) is 5.69 Å². The average molecular weight is 404 g/mol. The van der Waals surface area contributed by atoms with Crippen molar-refractivity contribution >= 4 is 11.6 Å². The molecule has 2 N–H and O–H groups in total. The summed E-state index contributed by atoms with van der Waals surface area (Å²) < 4.78 is 2.08. The summed E-state index contributed by atoms with van der Waals surface area (Å²) in [6.07, 6.45) is 4.85. The third-order valence-corrected chi connectivity index (χ3v) is 5.82. The number of phenolic OH excluding ortho intramolecular Hbond substituents is 1. The minimum atomic E-state index is -0.110. The standard InChI is InChI=1S/C25H29N3O2/c1-17(2)25(30)26-20-12-13-24(29)21(14-20)22-15-23(19-10-6-7-11-19)28(27-22)16-18-8-4-3-5-9-18/h3-5,8-9,12-15,17,19,29H,6-7,10-11,16H2,1-2H3,(H,26,30). The van der Waals surface area contributed by atoms with Crippen LogP contribution in [0.5, 0.6) is 5.75 Å². The third kappa shape index (κ3) is 4.40. The van der Waals surface area contributed by atoms with Crippen LogP contribution >= 0.6 is 0 Å². The van der Waals surface area contributed by atoms with E-state index in [0.29, 0.717) is 23.7 Å². The molecular formula is C25H29N3O2. The predicted octanol–water partition coefficient (Wildman–Crippen LogP) is 5.56. The van der Waals surface area contributed by atoms with E-state index in [2.05, 4.69) is 28.2 Å². The molecule has 5 heteroatoms. The molecule has 2 aromatic carbocycles. The van der Waals surface area contributed by atoms with E-state index in [1.165, 1.54) is 36.9 Å². The van der Waals surface area contributed by atoms with Gasteiger partial charge in [-0.2, -0.15) is 5.10 Å². The SMILES string of the molecule is CC(C)C(=O)Nc1ccc(O)c(-c2cc(C3CCCC3)n(Cc3ccccc3)n2)c1. The number of nitrogens with one attached hydrogen (secondary N) is 1. The summed E-state index contributed by atoms with van der Waals surface area (Å²) in [6.45, 7) is 4.42. The molecule has 1 fully saturated rings. The molecular weight excluding hydrogens is 374 g/mol. The van der Waals surface area contributed by atoms with Gasteiger partial charge in [-0.3, -0.25) is 9.48 Å². The van der Waals surface area contributed by atoms with Gasteiger partial charge in [-0.1, -0.05) is 57.0 Å². The maximum atomic E-state index is 12.1. The smallest absolute Gasteiger partial charge is 0.226 e. The minimum Gasteiger partial charge on any atom is -0.507 e. The Morgan fingerprint density at radius 1 is 1.13 bits per heavy atom. The molecule has 0 aliphatic heterocycles. The molecule has 1 aromatic heterocycles.